The molecule has 1 fully saturated rings. The number of likely N-dealkylation sites (tertiary alicyclic amines) is 1. The van der Waals surface area contributed by atoms with Crippen molar-refractivity contribution in [1.29, 1.82) is 0 Å². The molecule has 0 aromatic carbocycles. The lowest BCUT2D eigenvalue weighted by atomic mass is 10.0. The molecular formula is C12H21N5. The van der Waals surface area contributed by atoms with Gasteiger partial charge in [0.05, 0.1) is 0 Å². The molecule has 2 N–H and O–H groups in total. The summed E-state index contributed by atoms with van der Waals surface area (Å²) >= 11 is 0. The van der Waals surface area contributed by atoms with Crippen LogP contribution in [-0.2, 0) is 0 Å². The lowest BCUT2D eigenvalue weighted by molar-refractivity contribution is 0.220. The topological polar surface area (TPSA) is 58.3 Å². The molecule has 0 aliphatic carbocycles. The van der Waals surface area contributed by atoms with Crippen molar-refractivity contribution >= 4 is 11.8 Å². The maximum atomic E-state index is 5.61. The molecule has 0 saturated carbocycles. The second kappa shape index (κ2) is 5.31. The van der Waals surface area contributed by atoms with Crippen molar-refractivity contribution in [3.63, 3.8) is 0 Å². The number of hydrogen-bond acceptors (Lipinski definition) is 5. The molecule has 1 aromatic rings. The quantitative estimate of drug-likeness (QED) is 0.846. The van der Waals surface area contributed by atoms with Gasteiger partial charge in [-0.15, -0.1) is 0 Å². The fourth-order valence-corrected chi connectivity index (χ4v) is 2.37. The Kier molecular flexibility index (Phi) is 3.78. The lowest BCUT2D eigenvalue weighted by Gasteiger charge is -2.36. The van der Waals surface area contributed by atoms with E-state index in [2.05, 4.69) is 33.7 Å². The van der Waals surface area contributed by atoms with E-state index in [9.17, 15) is 0 Å². The molecule has 17 heavy (non-hydrogen) atoms. The van der Waals surface area contributed by atoms with Crippen LogP contribution in [0.4, 0.5) is 11.8 Å². The molecule has 1 aliphatic heterocycles. The molecule has 1 aromatic heterocycles. The predicted molar refractivity (Wildman–Crippen MR) is 70.0 cm³/mol. The number of nitrogens with zero attached hydrogens (tertiary/aromatic N) is 4. The van der Waals surface area contributed by atoms with Gasteiger partial charge in [-0.05, 0) is 25.5 Å². The molecule has 5 nitrogen and oxygen atoms in total. The average molecular weight is 235 g/mol. The van der Waals surface area contributed by atoms with Gasteiger partial charge >= 0.3 is 0 Å². The van der Waals surface area contributed by atoms with Crippen LogP contribution in [0.3, 0.4) is 0 Å². The van der Waals surface area contributed by atoms with Crippen LogP contribution in [0.5, 0.6) is 0 Å². The molecule has 0 unspecified atom stereocenters. The Morgan fingerprint density at radius 2 is 2.18 bits per heavy atom. The van der Waals surface area contributed by atoms with E-state index in [4.69, 9.17) is 5.73 Å². The second-order valence-corrected chi connectivity index (χ2v) is 4.55. The molecule has 0 amide bonds. The van der Waals surface area contributed by atoms with Gasteiger partial charge in [-0.1, -0.05) is 6.92 Å². The first-order chi connectivity index (χ1) is 8.20. The summed E-state index contributed by atoms with van der Waals surface area (Å²) in [5.41, 5.74) is 5.61. The Morgan fingerprint density at radius 3 is 2.76 bits per heavy atom. The van der Waals surface area contributed by atoms with Crippen LogP contribution in [0.2, 0.25) is 0 Å². The lowest BCUT2D eigenvalue weighted by Crippen LogP contribution is -2.43. The molecular weight excluding hydrogens is 214 g/mol. The first kappa shape index (κ1) is 12.1. The summed E-state index contributed by atoms with van der Waals surface area (Å²) in [5.74, 6) is 1.27. The first-order valence-electron chi connectivity index (χ1n) is 6.24. The van der Waals surface area contributed by atoms with Crippen molar-refractivity contribution in [2.45, 2.75) is 25.8 Å². The molecule has 5 heteroatoms. The van der Waals surface area contributed by atoms with Crippen LogP contribution in [-0.4, -0.2) is 47.6 Å². The van der Waals surface area contributed by atoms with Crippen LogP contribution >= 0.6 is 0 Å². The summed E-state index contributed by atoms with van der Waals surface area (Å²) in [5, 5.41) is 0. The molecule has 0 atom stereocenters. The van der Waals surface area contributed by atoms with Crippen molar-refractivity contribution in [1.82, 2.24) is 14.9 Å². The summed E-state index contributed by atoms with van der Waals surface area (Å²) in [6.07, 6.45) is 4.10. The van der Waals surface area contributed by atoms with E-state index in [1.165, 1.54) is 25.9 Å². The molecule has 1 saturated heterocycles. The highest BCUT2D eigenvalue weighted by Gasteiger charge is 2.22. The maximum Gasteiger partial charge on any atom is 0.221 e. The summed E-state index contributed by atoms with van der Waals surface area (Å²) in [6, 6.07) is 2.48. The van der Waals surface area contributed by atoms with Gasteiger partial charge in [-0.25, -0.2) is 4.98 Å². The van der Waals surface area contributed by atoms with Crippen molar-refractivity contribution in [2.75, 3.05) is 37.3 Å². The van der Waals surface area contributed by atoms with Gasteiger partial charge in [0.15, 0.2) is 0 Å². The van der Waals surface area contributed by atoms with Gasteiger partial charge in [0.2, 0.25) is 5.95 Å². The minimum Gasteiger partial charge on any atom is -0.368 e. The van der Waals surface area contributed by atoms with Crippen molar-refractivity contribution in [3.05, 3.63) is 12.3 Å². The summed E-state index contributed by atoms with van der Waals surface area (Å²) in [6.45, 7) is 5.71. The van der Waals surface area contributed by atoms with Gasteiger partial charge in [0.1, 0.15) is 5.82 Å². The van der Waals surface area contributed by atoms with Crippen molar-refractivity contribution in [2.24, 2.45) is 0 Å². The number of hydrogen-bond donors (Lipinski definition) is 1. The molecule has 2 heterocycles. The summed E-state index contributed by atoms with van der Waals surface area (Å²) in [4.78, 5) is 12.9. The molecule has 1 aliphatic rings. The zero-order chi connectivity index (χ0) is 12.3. The maximum absolute atomic E-state index is 5.61. The minimum absolute atomic E-state index is 0.348. The normalized spacial score (nSPS) is 18.2. The zero-order valence-electron chi connectivity index (χ0n) is 10.6. The third-order valence-electron chi connectivity index (χ3n) is 3.57. The smallest absolute Gasteiger partial charge is 0.221 e. The van der Waals surface area contributed by atoms with Crippen LogP contribution in [0.25, 0.3) is 0 Å². The standard InChI is InChI=1S/C12H21N5/c1-3-17-8-5-10(6-9-17)16(2)11-4-7-14-12(13)15-11/h4,7,10H,3,5-6,8-9H2,1-2H3,(H2,13,14,15). The fraction of sp³-hybridized carbons (Fsp3) is 0.667. The zero-order valence-corrected chi connectivity index (χ0v) is 10.6. The highest BCUT2D eigenvalue weighted by atomic mass is 15.2. The van der Waals surface area contributed by atoms with E-state index in [0.29, 0.717) is 12.0 Å². The number of rotatable bonds is 3. The van der Waals surface area contributed by atoms with Crippen LogP contribution in [0, 0.1) is 0 Å². The highest BCUT2D eigenvalue weighted by molar-refractivity contribution is 5.41. The van der Waals surface area contributed by atoms with E-state index in [0.717, 1.165) is 12.4 Å². The van der Waals surface area contributed by atoms with Crippen molar-refractivity contribution in [3.8, 4) is 0 Å². The molecule has 2 rings (SSSR count). The van der Waals surface area contributed by atoms with E-state index >= 15 is 0 Å². The number of nitrogens with two attached hydrogens (primary N) is 1. The number of aromatic nitrogens is 2. The SMILES string of the molecule is CCN1CCC(N(C)c2ccnc(N)n2)CC1. The predicted octanol–water partition coefficient (Wildman–Crippen LogP) is 0.979. The third-order valence-corrected chi connectivity index (χ3v) is 3.57. The Balaban J connectivity index is 1.99. The largest absolute Gasteiger partial charge is 0.368 e. The Labute approximate surface area is 103 Å². The third kappa shape index (κ3) is 2.85. The minimum atomic E-state index is 0.348. The van der Waals surface area contributed by atoms with Crippen LogP contribution < -0.4 is 10.6 Å². The summed E-state index contributed by atoms with van der Waals surface area (Å²) < 4.78 is 0. The van der Waals surface area contributed by atoms with E-state index < -0.39 is 0 Å². The van der Waals surface area contributed by atoms with Gasteiger partial charge in [0.25, 0.3) is 0 Å². The molecule has 0 bridgehead atoms. The van der Waals surface area contributed by atoms with Gasteiger partial charge in [-0.3, -0.25) is 0 Å². The van der Waals surface area contributed by atoms with E-state index in [-0.39, 0.29) is 0 Å². The molecule has 94 valence electrons. The monoisotopic (exact) mass is 235 g/mol. The van der Waals surface area contributed by atoms with E-state index in [1.807, 2.05) is 6.07 Å². The number of nitrogen functional groups attached to an aromatic ring is 1. The van der Waals surface area contributed by atoms with Gasteiger partial charge < -0.3 is 15.5 Å². The fourth-order valence-electron chi connectivity index (χ4n) is 2.37. The van der Waals surface area contributed by atoms with Crippen molar-refractivity contribution < 1.29 is 0 Å². The Bertz CT molecular complexity index is 360. The molecule has 0 radical (unpaired) electrons. The van der Waals surface area contributed by atoms with Crippen LogP contribution in [0.15, 0.2) is 12.3 Å². The average Bonchev–Trinajstić information content (AvgIpc) is 2.38. The van der Waals surface area contributed by atoms with Gasteiger partial charge in [-0.2, -0.15) is 4.98 Å². The van der Waals surface area contributed by atoms with E-state index in [1.54, 1.807) is 6.20 Å². The van der Waals surface area contributed by atoms with Gasteiger partial charge in [0, 0.05) is 32.4 Å². The number of piperidine rings is 1. The number of anilines is 2. The van der Waals surface area contributed by atoms with Crippen LogP contribution in [0.1, 0.15) is 19.8 Å². The Hall–Kier alpha value is -1.36. The Morgan fingerprint density at radius 1 is 1.47 bits per heavy atom. The second-order valence-electron chi connectivity index (χ2n) is 4.55. The summed E-state index contributed by atoms with van der Waals surface area (Å²) in [7, 11) is 2.09. The molecule has 0 spiro atoms. The highest BCUT2D eigenvalue weighted by Crippen LogP contribution is 2.20. The first-order valence-corrected chi connectivity index (χ1v) is 6.24.